The van der Waals surface area contributed by atoms with E-state index in [1.165, 1.54) is 24.4 Å². The summed E-state index contributed by atoms with van der Waals surface area (Å²) in [5, 5.41) is 5.56. The molecule has 0 aliphatic heterocycles. The molecule has 3 rings (SSSR count). The fourth-order valence-electron chi connectivity index (χ4n) is 2.72. The molecule has 0 fully saturated rings. The Morgan fingerprint density at radius 1 is 0.964 bits per heavy atom. The Bertz CT molecular complexity index is 1020. The van der Waals surface area contributed by atoms with E-state index in [-0.39, 0.29) is 24.0 Å². The lowest BCUT2D eigenvalue weighted by Gasteiger charge is -2.10. The highest BCUT2D eigenvalue weighted by Crippen LogP contribution is 2.17. The summed E-state index contributed by atoms with van der Waals surface area (Å²) in [7, 11) is 0. The summed E-state index contributed by atoms with van der Waals surface area (Å²) in [5.74, 6) is -1.06. The molecular weight excluding hydrogens is 357 g/mol. The van der Waals surface area contributed by atoms with Crippen LogP contribution in [-0.2, 0) is 6.54 Å². The SMILES string of the molecule is Cc1ccc(NC(=O)c2ccnc(C(=O)NCc3ccc(F)cc3)c2)c(C)c1. The van der Waals surface area contributed by atoms with Gasteiger partial charge in [-0.05, 0) is 55.3 Å². The van der Waals surface area contributed by atoms with Gasteiger partial charge in [-0.25, -0.2) is 4.39 Å². The number of halogens is 1. The molecule has 0 radical (unpaired) electrons. The minimum Gasteiger partial charge on any atom is -0.347 e. The van der Waals surface area contributed by atoms with Crippen molar-refractivity contribution in [2.75, 3.05) is 5.32 Å². The van der Waals surface area contributed by atoms with Crippen LogP contribution in [0.25, 0.3) is 0 Å². The molecule has 28 heavy (non-hydrogen) atoms. The van der Waals surface area contributed by atoms with Crippen LogP contribution in [-0.4, -0.2) is 16.8 Å². The maximum Gasteiger partial charge on any atom is 0.270 e. The van der Waals surface area contributed by atoms with Crippen LogP contribution in [0.2, 0.25) is 0 Å². The van der Waals surface area contributed by atoms with Gasteiger partial charge in [0, 0.05) is 24.0 Å². The molecule has 142 valence electrons. The van der Waals surface area contributed by atoms with E-state index in [1.54, 1.807) is 18.2 Å². The number of rotatable bonds is 5. The zero-order valence-electron chi connectivity index (χ0n) is 15.6. The second-order valence-electron chi connectivity index (χ2n) is 6.51. The molecule has 6 heteroatoms. The highest BCUT2D eigenvalue weighted by Gasteiger charge is 2.13. The molecule has 0 unspecified atom stereocenters. The molecule has 0 spiro atoms. The summed E-state index contributed by atoms with van der Waals surface area (Å²) in [4.78, 5) is 28.9. The van der Waals surface area contributed by atoms with E-state index in [0.29, 0.717) is 5.56 Å². The second kappa shape index (κ2) is 8.43. The van der Waals surface area contributed by atoms with Gasteiger partial charge in [-0.3, -0.25) is 14.6 Å². The predicted molar refractivity (Wildman–Crippen MR) is 106 cm³/mol. The Hall–Kier alpha value is -3.54. The van der Waals surface area contributed by atoms with E-state index in [1.807, 2.05) is 32.0 Å². The van der Waals surface area contributed by atoms with Crippen molar-refractivity contribution in [2.45, 2.75) is 20.4 Å². The Balaban J connectivity index is 1.67. The molecule has 0 atom stereocenters. The van der Waals surface area contributed by atoms with E-state index in [4.69, 9.17) is 0 Å². The van der Waals surface area contributed by atoms with Crippen molar-refractivity contribution in [3.8, 4) is 0 Å². The summed E-state index contributed by atoms with van der Waals surface area (Å²) in [6.07, 6.45) is 1.42. The summed E-state index contributed by atoms with van der Waals surface area (Å²) in [5.41, 5.74) is 4.02. The van der Waals surface area contributed by atoms with Crippen LogP contribution in [0.1, 0.15) is 37.5 Å². The minimum absolute atomic E-state index is 0.135. The van der Waals surface area contributed by atoms with Crippen LogP contribution in [0.5, 0.6) is 0 Å². The van der Waals surface area contributed by atoms with Gasteiger partial charge in [-0.15, -0.1) is 0 Å². The van der Waals surface area contributed by atoms with Crippen LogP contribution < -0.4 is 10.6 Å². The van der Waals surface area contributed by atoms with Gasteiger partial charge < -0.3 is 10.6 Å². The van der Waals surface area contributed by atoms with Gasteiger partial charge in [0.25, 0.3) is 11.8 Å². The first-order chi connectivity index (χ1) is 13.4. The number of carbonyl (C=O) groups excluding carboxylic acids is 2. The highest BCUT2D eigenvalue weighted by molar-refractivity contribution is 6.06. The number of nitrogens with one attached hydrogen (secondary N) is 2. The number of pyridine rings is 1. The van der Waals surface area contributed by atoms with Crippen LogP contribution in [0.3, 0.4) is 0 Å². The molecule has 3 aromatic rings. The Morgan fingerprint density at radius 3 is 2.43 bits per heavy atom. The van der Waals surface area contributed by atoms with Crippen molar-refractivity contribution in [1.29, 1.82) is 0 Å². The van der Waals surface area contributed by atoms with E-state index in [0.717, 1.165) is 22.4 Å². The van der Waals surface area contributed by atoms with Gasteiger partial charge in [-0.2, -0.15) is 0 Å². The average molecular weight is 377 g/mol. The number of hydrogen-bond acceptors (Lipinski definition) is 3. The number of amides is 2. The molecule has 1 heterocycles. The lowest BCUT2D eigenvalue weighted by molar-refractivity contribution is 0.0946. The molecule has 0 saturated carbocycles. The normalized spacial score (nSPS) is 10.4. The van der Waals surface area contributed by atoms with Crippen molar-refractivity contribution in [1.82, 2.24) is 10.3 Å². The molecule has 1 aromatic heterocycles. The van der Waals surface area contributed by atoms with Gasteiger partial charge in [0.15, 0.2) is 0 Å². The third-order valence-electron chi connectivity index (χ3n) is 4.25. The van der Waals surface area contributed by atoms with Crippen molar-refractivity contribution in [2.24, 2.45) is 0 Å². The summed E-state index contributed by atoms with van der Waals surface area (Å²) in [6, 6.07) is 14.6. The van der Waals surface area contributed by atoms with Crippen molar-refractivity contribution in [3.05, 3.63) is 94.6 Å². The van der Waals surface area contributed by atoms with E-state index in [9.17, 15) is 14.0 Å². The second-order valence-corrected chi connectivity index (χ2v) is 6.51. The molecule has 0 aliphatic rings. The smallest absolute Gasteiger partial charge is 0.270 e. The monoisotopic (exact) mass is 377 g/mol. The Morgan fingerprint density at radius 2 is 1.71 bits per heavy atom. The number of nitrogens with zero attached hydrogens (tertiary/aromatic N) is 1. The first-order valence-electron chi connectivity index (χ1n) is 8.79. The maximum atomic E-state index is 12.9. The molecule has 0 saturated heterocycles. The number of hydrogen-bond donors (Lipinski definition) is 2. The molecule has 2 N–H and O–H groups in total. The summed E-state index contributed by atoms with van der Waals surface area (Å²) >= 11 is 0. The average Bonchev–Trinajstić information content (AvgIpc) is 2.69. The summed E-state index contributed by atoms with van der Waals surface area (Å²) < 4.78 is 12.9. The number of anilines is 1. The molecule has 2 aromatic carbocycles. The lowest BCUT2D eigenvalue weighted by atomic mass is 10.1. The topological polar surface area (TPSA) is 71.1 Å². The lowest BCUT2D eigenvalue weighted by Crippen LogP contribution is -2.24. The first kappa shape index (κ1) is 19.2. The van der Waals surface area contributed by atoms with Gasteiger partial charge in [0.05, 0.1) is 0 Å². The Labute approximate surface area is 162 Å². The molecule has 2 amide bonds. The van der Waals surface area contributed by atoms with Crippen LogP contribution in [0, 0.1) is 19.7 Å². The fraction of sp³-hybridized carbons (Fsp3) is 0.136. The number of aromatic nitrogens is 1. The fourth-order valence-corrected chi connectivity index (χ4v) is 2.72. The minimum atomic E-state index is -0.412. The predicted octanol–water partition coefficient (Wildman–Crippen LogP) is 4.02. The molecule has 5 nitrogen and oxygen atoms in total. The first-order valence-corrected chi connectivity index (χ1v) is 8.79. The van der Waals surface area contributed by atoms with Crippen LogP contribution >= 0.6 is 0 Å². The quantitative estimate of drug-likeness (QED) is 0.705. The summed E-state index contributed by atoms with van der Waals surface area (Å²) in [6.45, 7) is 4.14. The van der Waals surface area contributed by atoms with Gasteiger partial charge in [0.2, 0.25) is 0 Å². The van der Waals surface area contributed by atoms with Crippen molar-refractivity contribution >= 4 is 17.5 Å². The van der Waals surface area contributed by atoms with Gasteiger partial charge in [0.1, 0.15) is 11.5 Å². The standard InChI is InChI=1S/C22H20FN3O2/c1-14-3-8-19(15(2)11-14)26-21(27)17-9-10-24-20(12-17)22(28)25-13-16-4-6-18(23)7-5-16/h3-12H,13H2,1-2H3,(H,25,28)(H,26,27). The van der Waals surface area contributed by atoms with Crippen LogP contribution in [0.4, 0.5) is 10.1 Å². The maximum absolute atomic E-state index is 12.9. The van der Waals surface area contributed by atoms with E-state index >= 15 is 0 Å². The molecular formula is C22H20FN3O2. The third kappa shape index (κ3) is 4.79. The zero-order chi connectivity index (χ0) is 20.1. The number of benzene rings is 2. The Kier molecular flexibility index (Phi) is 5.79. The number of carbonyl (C=O) groups is 2. The van der Waals surface area contributed by atoms with E-state index < -0.39 is 5.91 Å². The van der Waals surface area contributed by atoms with Crippen molar-refractivity contribution in [3.63, 3.8) is 0 Å². The van der Waals surface area contributed by atoms with Crippen LogP contribution in [0.15, 0.2) is 60.8 Å². The molecule has 0 bridgehead atoms. The van der Waals surface area contributed by atoms with E-state index in [2.05, 4.69) is 15.6 Å². The highest BCUT2D eigenvalue weighted by atomic mass is 19.1. The largest absolute Gasteiger partial charge is 0.347 e. The third-order valence-corrected chi connectivity index (χ3v) is 4.25. The van der Waals surface area contributed by atoms with Crippen molar-refractivity contribution < 1.29 is 14.0 Å². The number of aryl methyl sites for hydroxylation is 2. The zero-order valence-corrected chi connectivity index (χ0v) is 15.6. The molecule has 0 aliphatic carbocycles. The van der Waals surface area contributed by atoms with Gasteiger partial charge >= 0.3 is 0 Å². The van der Waals surface area contributed by atoms with Gasteiger partial charge in [-0.1, -0.05) is 29.8 Å².